The van der Waals surface area contributed by atoms with E-state index >= 15 is 0 Å². The summed E-state index contributed by atoms with van der Waals surface area (Å²) in [6.07, 6.45) is 6.55. The van der Waals surface area contributed by atoms with Crippen molar-refractivity contribution in [2.75, 3.05) is 12.3 Å². The van der Waals surface area contributed by atoms with E-state index < -0.39 is 5.91 Å². The quantitative estimate of drug-likeness (QED) is 0.800. The van der Waals surface area contributed by atoms with Gasteiger partial charge < -0.3 is 16.2 Å². The number of benzene rings is 1. The number of carbonyl (C=O) groups is 1. The maximum atomic E-state index is 11.0. The Morgan fingerprint density at radius 2 is 2.00 bits per heavy atom. The molecule has 104 valence electrons. The Morgan fingerprint density at radius 3 is 2.63 bits per heavy atom. The SMILES string of the molecule is NC(=O)c1ccc(COCC2CCCCC2)c(N)c1. The molecule has 1 fully saturated rings. The highest BCUT2D eigenvalue weighted by atomic mass is 16.5. The molecule has 0 aromatic heterocycles. The molecule has 1 aromatic carbocycles. The molecule has 1 aliphatic carbocycles. The van der Waals surface area contributed by atoms with Crippen LogP contribution in [0.3, 0.4) is 0 Å². The number of primary amides is 1. The van der Waals surface area contributed by atoms with Gasteiger partial charge >= 0.3 is 0 Å². The average molecular weight is 262 g/mol. The van der Waals surface area contributed by atoms with E-state index in [2.05, 4.69) is 0 Å². The van der Waals surface area contributed by atoms with Gasteiger partial charge in [-0.25, -0.2) is 0 Å². The van der Waals surface area contributed by atoms with Crippen LogP contribution < -0.4 is 11.5 Å². The fraction of sp³-hybridized carbons (Fsp3) is 0.533. The molecule has 2 rings (SSSR count). The number of carbonyl (C=O) groups excluding carboxylic acids is 1. The lowest BCUT2D eigenvalue weighted by Gasteiger charge is -2.21. The molecule has 1 saturated carbocycles. The van der Waals surface area contributed by atoms with E-state index in [9.17, 15) is 4.79 Å². The molecule has 1 amide bonds. The second-order valence-corrected chi connectivity index (χ2v) is 5.30. The van der Waals surface area contributed by atoms with Gasteiger partial charge in [-0.1, -0.05) is 25.3 Å². The summed E-state index contributed by atoms with van der Waals surface area (Å²) in [4.78, 5) is 11.0. The van der Waals surface area contributed by atoms with Crippen LogP contribution in [0.5, 0.6) is 0 Å². The van der Waals surface area contributed by atoms with Gasteiger partial charge in [0.25, 0.3) is 0 Å². The van der Waals surface area contributed by atoms with Crippen LogP contribution in [0.4, 0.5) is 5.69 Å². The van der Waals surface area contributed by atoms with Crippen molar-refractivity contribution < 1.29 is 9.53 Å². The molecule has 0 heterocycles. The van der Waals surface area contributed by atoms with Gasteiger partial charge in [-0.05, 0) is 30.9 Å². The maximum absolute atomic E-state index is 11.0. The number of ether oxygens (including phenoxy) is 1. The first-order chi connectivity index (χ1) is 9.16. The molecule has 4 heteroatoms. The van der Waals surface area contributed by atoms with Crippen LogP contribution in [0.25, 0.3) is 0 Å². The first-order valence-electron chi connectivity index (χ1n) is 6.93. The maximum Gasteiger partial charge on any atom is 0.248 e. The molecular formula is C15H22N2O2. The Hall–Kier alpha value is -1.55. The zero-order valence-electron chi connectivity index (χ0n) is 11.2. The molecule has 0 saturated heterocycles. The molecular weight excluding hydrogens is 240 g/mol. The molecule has 0 bridgehead atoms. The molecule has 0 unspecified atom stereocenters. The van der Waals surface area contributed by atoms with Gasteiger partial charge in [-0.15, -0.1) is 0 Å². The van der Waals surface area contributed by atoms with E-state index in [0.717, 1.165) is 12.2 Å². The lowest BCUT2D eigenvalue weighted by molar-refractivity contribution is 0.0742. The van der Waals surface area contributed by atoms with Crippen LogP contribution in [-0.4, -0.2) is 12.5 Å². The van der Waals surface area contributed by atoms with Crippen LogP contribution >= 0.6 is 0 Å². The highest BCUT2D eigenvalue weighted by Gasteiger charge is 2.13. The van der Waals surface area contributed by atoms with Gasteiger partial charge in [-0.2, -0.15) is 0 Å². The first kappa shape index (κ1) is 13.9. The first-order valence-corrected chi connectivity index (χ1v) is 6.93. The molecule has 4 N–H and O–H groups in total. The number of hydrogen-bond acceptors (Lipinski definition) is 3. The van der Waals surface area contributed by atoms with Gasteiger partial charge in [0, 0.05) is 23.4 Å². The third-order valence-electron chi connectivity index (χ3n) is 3.77. The summed E-state index contributed by atoms with van der Waals surface area (Å²) < 4.78 is 5.74. The summed E-state index contributed by atoms with van der Waals surface area (Å²) in [5, 5.41) is 0. The smallest absolute Gasteiger partial charge is 0.248 e. The monoisotopic (exact) mass is 262 g/mol. The minimum atomic E-state index is -0.457. The molecule has 1 aliphatic rings. The zero-order chi connectivity index (χ0) is 13.7. The fourth-order valence-corrected chi connectivity index (χ4v) is 2.57. The van der Waals surface area contributed by atoms with Gasteiger partial charge in [-0.3, -0.25) is 4.79 Å². The summed E-state index contributed by atoms with van der Waals surface area (Å²) in [5.41, 5.74) is 13.0. The highest BCUT2D eigenvalue weighted by molar-refractivity contribution is 5.93. The zero-order valence-corrected chi connectivity index (χ0v) is 11.2. The topological polar surface area (TPSA) is 78.3 Å². The molecule has 0 spiro atoms. The fourth-order valence-electron chi connectivity index (χ4n) is 2.57. The van der Waals surface area contributed by atoms with Crippen molar-refractivity contribution in [2.45, 2.75) is 38.7 Å². The molecule has 1 aromatic rings. The molecule has 0 aliphatic heterocycles. The number of nitrogens with two attached hydrogens (primary N) is 2. The van der Waals surface area contributed by atoms with Gasteiger partial charge in [0.15, 0.2) is 0 Å². The normalized spacial score (nSPS) is 16.4. The van der Waals surface area contributed by atoms with Crippen LogP contribution in [0.2, 0.25) is 0 Å². The van der Waals surface area contributed by atoms with E-state index in [-0.39, 0.29) is 0 Å². The van der Waals surface area contributed by atoms with Crippen molar-refractivity contribution in [3.8, 4) is 0 Å². The predicted molar refractivity (Wildman–Crippen MR) is 75.6 cm³/mol. The van der Waals surface area contributed by atoms with E-state index in [1.54, 1.807) is 12.1 Å². The van der Waals surface area contributed by atoms with Crippen molar-refractivity contribution in [3.05, 3.63) is 29.3 Å². The van der Waals surface area contributed by atoms with Crippen LogP contribution in [0.1, 0.15) is 48.0 Å². The number of hydrogen-bond donors (Lipinski definition) is 2. The minimum absolute atomic E-state index is 0.438. The Labute approximate surface area is 114 Å². The highest BCUT2D eigenvalue weighted by Crippen LogP contribution is 2.24. The largest absolute Gasteiger partial charge is 0.398 e. The summed E-state index contributed by atoms with van der Waals surface area (Å²) in [7, 11) is 0. The summed E-state index contributed by atoms with van der Waals surface area (Å²) >= 11 is 0. The molecule has 0 atom stereocenters. The molecule has 0 radical (unpaired) electrons. The predicted octanol–water partition coefficient (Wildman–Crippen LogP) is 2.46. The van der Waals surface area contributed by atoms with Gasteiger partial charge in [0.1, 0.15) is 0 Å². The lowest BCUT2D eigenvalue weighted by atomic mass is 9.90. The van der Waals surface area contributed by atoms with Crippen LogP contribution in [-0.2, 0) is 11.3 Å². The Balaban J connectivity index is 1.83. The third-order valence-corrected chi connectivity index (χ3v) is 3.77. The van der Waals surface area contributed by atoms with Crippen molar-refractivity contribution >= 4 is 11.6 Å². The van der Waals surface area contributed by atoms with Gasteiger partial charge in [0.05, 0.1) is 6.61 Å². The van der Waals surface area contributed by atoms with Gasteiger partial charge in [0.2, 0.25) is 5.91 Å². The second-order valence-electron chi connectivity index (χ2n) is 5.30. The van der Waals surface area contributed by atoms with E-state index in [1.165, 1.54) is 32.1 Å². The Bertz CT molecular complexity index is 440. The minimum Gasteiger partial charge on any atom is -0.398 e. The molecule has 19 heavy (non-hydrogen) atoms. The number of amides is 1. The Kier molecular flexibility index (Phi) is 4.80. The van der Waals surface area contributed by atoms with Crippen molar-refractivity contribution in [2.24, 2.45) is 11.7 Å². The van der Waals surface area contributed by atoms with Crippen molar-refractivity contribution in [3.63, 3.8) is 0 Å². The number of rotatable bonds is 5. The molecule has 4 nitrogen and oxygen atoms in total. The summed E-state index contributed by atoms with van der Waals surface area (Å²) in [6, 6.07) is 5.12. The Morgan fingerprint density at radius 1 is 1.26 bits per heavy atom. The number of nitrogen functional groups attached to an aromatic ring is 1. The second kappa shape index (κ2) is 6.57. The standard InChI is InChI=1S/C15H22N2O2/c16-14-8-12(15(17)18)6-7-13(14)10-19-9-11-4-2-1-3-5-11/h6-8,11H,1-5,9-10,16H2,(H2,17,18). The van der Waals surface area contributed by atoms with Crippen molar-refractivity contribution in [1.29, 1.82) is 0 Å². The van der Waals surface area contributed by atoms with Crippen LogP contribution in [0, 0.1) is 5.92 Å². The summed E-state index contributed by atoms with van der Waals surface area (Å²) in [6.45, 7) is 1.30. The van der Waals surface area contributed by atoms with Crippen molar-refractivity contribution in [1.82, 2.24) is 0 Å². The third kappa shape index (κ3) is 3.96. The summed E-state index contributed by atoms with van der Waals surface area (Å²) in [5.74, 6) is 0.237. The average Bonchev–Trinajstić information content (AvgIpc) is 2.41. The number of anilines is 1. The van der Waals surface area contributed by atoms with E-state index in [0.29, 0.717) is 23.8 Å². The lowest BCUT2D eigenvalue weighted by Crippen LogP contribution is -2.14. The van der Waals surface area contributed by atoms with Crippen LogP contribution in [0.15, 0.2) is 18.2 Å². The van der Waals surface area contributed by atoms with E-state index in [4.69, 9.17) is 16.2 Å². The van der Waals surface area contributed by atoms with E-state index in [1.807, 2.05) is 6.07 Å².